The summed E-state index contributed by atoms with van der Waals surface area (Å²) in [6.45, 7) is 2.15. The minimum Gasteiger partial charge on any atom is -0.334 e. The summed E-state index contributed by atoms with van der Waals surface area (Å²) in [7, 11) is 3.97. The van der Waals surface area contributed by atoms with Crippen molar-refractivity contribution in [1.82, 2.24) is 19.3 Å². The molecule has 0 aliphatic heterocycles. The number of rotatable bonds is 4. The van der Waals surface area contributed by atoms with Crippen LogP contribution in [0.25, 0.3) is 28.2 Å². The van der Waals surface area contributed by atoms with Crippen LogP contribution in [0.15, 0.2) is 66.6 Å². The molecular weight excluding hydrogens is 320 g/mol. The van der Waals surface area contributed by atoms with Crippen molar-refractivity contribution in [2.24, 2.45) is 14.1 Å². The number of imidazole rings is 1. The molecule has 0 saturated heterocycles. The first-order chi connectivity index (χ1) is 12.6. The van der Waals surface area contributed by atoms with Crippen LogP contribution in [0, 0.1) is 0 Å². The van der Waals surface area contributed by atoms with Crippen molar-refractivity contribution < 1.29 is 0 Å². The lowest BCUT2D eigenvalue weighted by atomic mass is 10.0. The number of aryl methyl sites for hydroxylation is 2. The number of nitrogens with zero attached hydrogens (tertiary/aromatic N) is 4. The van der Waals surface area contributed by atoms with Gasteiger partial charge in [-0.25, -0.2) is 4.98 Å². The molecule has 0 spiro atoms. The second-order valence-electron chi connectivity index (χ2n) is 6.80. The zero-order valence-corrected chi connectivity index (χ0v) is 15.3. The molecule has 0 atom stereocenters. The van der Waals surface area contributed by atoms with Crippen molar-refractivity contribution in [1.29, 1.82) is 0 Å². The fourth-order valence-corrected chi connectivity index (χ4v) is 3.33. The second kappa shape index (κ2) is 6.64. The molecule has 130 valence electrons. The summed E-state index contributed by atoms with van der Waals surface area (Å²) in [5.41, 5.74) is 8.15. The average Bonchev–Trinajstić information content (AvgIpc) is 3.21. The first-order valence-electron chi connectivity index (χ1n) is 8.76. The van der Waals surface area contributed by atoms with Crippen molar-refractivity contribution in [3.8, 4) is 11.1 Å². The Morgan fingerprint density at radius 1 is 1.04 bits per heavy atom. The summed E-state index contributed by atoms with van der Waals surface area (Å²) in [5.74, 6) is 0. The molecule has 0 amide bonds. The number of fused-ring (bicyclic) bond motifs is 1. The van der Waals surface area contributed by atoms with Crippen LogP contribution >= 0.6 is 0 Å². The van der Waals surface area contributed by atoms with E-state index in [0.717, 1.165) is 23.1 Å². The van der Waals surface area contributed by atoms with E-state index < -0.39 is 0 Å². The van der Waals surface area contributed by atoms with Crippen LogP contribution in [0.5, 0.6) is 0 Å². The van der Waals surface area contributed by atoms with Crippen molar-refractivity contribution in [3.05, 3.63) is 77.9 Å². The normalized spacial score (nSPS) is 12.0. The van der Waals surface area contributed by atoms with Gasteiger partial charge in [0.05, 0.1) is 23.1 Å². The summed E-state index contributed by atoms with van der Waals surface area (Å²) >= 11 is 0. The summed E-state index contributed by atoms with van der Waals surface area (Å²) in [4.78, 5) is 4.56. The van der Waals surface area contributed by atoms with Gasteiger partial charge < -0.3 is 4.57 Å². The SMILES string of the molecule is C/C(=C\c1ccc(-c2cccc3c2ncn3C)cc1)Cc1ccn(C)n1. The summed E-state index contributed by atoms with van der Waals surface area (Å²) in [5, 5.41) is 4.44. The lowest BCUT2D eigenvalue weighted by Crippen LogP contribution is -1.92. The van der Waals surface area contributed by atoms with E-state index in [4.69, 9.17) is 0 Å². The fraction of sp³-hybridized carbons (Fsp3) is 0.182. The minimum atomic E-state index is 0.871. The first-order valence-corrected chi connectivity index (χ1v) is 8.76. The first kappa shape index (κ1) is 16.3. The van der Waals surface area contributed by atoms with E-state index in [0.29, 0.717) is 0 Å². The van der Waals surface area contributed by atoms with Gasteiger partial charge >= 0.3 is 0 Å². The molecule has 0 N–H and O–H groups in total. The molecule has 26 heavy (non-hydrogen) atoms. The van der Waals surface area contributed by atoms with Crippen molar-refractivity contribution >= 4 is 17.1 Å². The van der Waals surface area contributed by atoms with Gasteiger partial charge in [-0.1, -0.05) is 48.0 Å². The number of hydrogen-bond donors (Lipinski definition) is 0. The number of hydrogen-bond acceptors (Lipinski definition) is 2. The summed E-state index contributed by atoms with van der Waals surface area (Å²) in [6.07, 6.45) is 6.94. The zero-order chi connectivity index (χ0) is 18.1. The van der Waals surface area contributed by atoms with E-state index >= 15 is 0 Å². The molecule has 0 aliphatic rings. The van der Waals surface area contributed by atoms with Gasteiger partial charge in [-0.3, -0.25) is 4.68 Å². The number of allylic oxidation sites excluding steroid dienone is 1. The van der Waals surface area contributed by atoms with Gasteiger partial charge in [-0.2, -0.15) is 5.10 Å². The van der Waals surface area contributed by atoms with Gasteiger partial charge in [0.2, 0.25) is 0 Å². The third-order valence-corrected chi connectivity index (χ3v) is 4.62. The molecule has 0 unspecified atom stereocenters. The Bertz CT molecular complexity index is 1080. The Hall–Kier alpha value is -3.14. The lowest BCUT2D eigenvalue weighted by Gasteiger charge is -2.05. The smallest absolute Gasteiger partial charge is 0.0962 e. The Balaban J connectivity index is 1.59. The standard InChI is InChI=1S/C22H22N4/c1-16(14-19-11-12-26(3)24-19)13-17-7-9-18(10-8-17)20-5-4-6-21-22(20)23-15-25(21)2/h4-13,15H,14H2,1-3H3/b16-13+. The van der Waals surface area contributed by atoms with Crippen LogP contribution in [0.2, 0.25) is 0 Å². The number of para-hydroxylation sites is 1. The largest absolute Gasteiger partial charge is 0.334 e. The third kappa shape index (κ3) is 3.18. The van der Waals surface area contributed by atoms with Crippen LogP contribution in [0.3, 0.4) is 0 Å². The molecule has 4 nitrogen and oxygen atoms in total. The maximum Gasteiger partial charge on any atom is 0.0962 e. The van der Waals surface area contributed by atoms with E-state index in [9.17, 15) is 0 Å². The van der Waals surface area contributed by atoms with Gasteiger partial charge in [-0.15, -0.1) is 0 Å². The molecule has 4 rings (SSSR count). The van der Waals surface area contributed by atoms with E-state index in [1.54, 1.807) is 0 Å². The Morgan fingerprint density at radius 2 is 1.85 bits per heavy atom. The number of aromatic nitrogens is 4. The van der Waals surface area contributed by atoms with Gasteiger partial charge in [-0.05, 0) is 30.2 Å². The molecule has 2 heterocycles. The quantitative estimate of drug-likeness (QED) is 0.542. The maximum atomic E-state index is 4.56. The molecule has 0 bridgehead atoms. The van der Waals surface area contributed by atoms with E-state index in [1.807, 2.05) is 31.3 Å². The van der Waals surface area contributed by atoms with Gasteiger partial charge in [0.1, 0.15) is 0 Å². The maximum absolute atomic E-state index is 4.56. The monoisotopic (exact) mass is 342 g/mol. The van der Waals surface area contributed by atoms with Gasteiger partial charge in [0.15, 0.2) is 0 Å². The molecule has 2 aromatic carbocycles. The predicted molar refractivity (Wildman–Crippen MR) is 107 cm³/mol. The lowest BCUT2D eigenvalue weighted by molar-refractivity contribution is 0.748. The minimum absolute atomic E-state index is 0.871. The van der Waals surface area contributed by atoms with E-state index in [2.05, 4.69) is 76.2 Å². The fourth-order valence-electron chi connectivity index (χ4n) is 3.33. The summed E-state index contributed by atoms with van der Waals surface area (Å²) in [6, 6.07) is 17.1. The van der Waals surface area contributed by atoms with Gasteiger partial charge in [0, 0.05) is 32.3 Å². The summed E-state index contributed by atoms with van der Waals surface area (Å²) < 4.78 is 3.90. The topological polar surface area (TPSA) is 35.6 Å². The highest BCUT2D eigenvalue weighted by atomic mass is 15.2. The second-order valence-corrected chi connectivity index (χ2v) is 6.80. The van der Waals surface area contributed by atoms with Crippen LogP contribution in [-0.2, 0) is 20.5 Å². The van der Waals surface area contributed by atoms with Gasteiger partial charge in [0.25, 0.3) is 0 Å². The van der Waals surface area contributed by atoms with Crippen LogP contribution < -0.4 is 0 Å². The average molecular weight is 342 g/mol. The van der Waals surface area contributed by atoms with Crippen LogP contribution in [0.1, 0.15) is 18.2 Å². The molecule has 0 radical (unpaired) electrons. The molecule has 0 fully saturated rings. The third-order valence-electron chi connectivity index (χ3n) is 4.62. The molecule has 4 heteroatoms. The Kier molecular flexibility index (Phi) is 4.17. The highest BCUT2D eigenvalue weighted by Gasteiger charge is 2.07. The highest BCUT2D eigenvalue weighted by molar-refractivity contribution is 5.92. The molecule has 0 aliphatic carbocycles. The molecule has 4 aromatic rings. The molecule has 2 aromatic heterocycles. The van der Waals surface area contributed by atoms with Crippen LogP contribution in [0.4, 0.5) is 0 Å². The Labute approximate surface area is 153 Å². The van der Waals surface area contributed by atoms with E-state index in [-0.39, 0.29) is 0 Å². The van der Waals surface area contributed by atoms with Crippen molar-refractivity contribution in [2.75, 3.05) is 0 Å². The van der Waals surface area contributed by atoms with Crippen molar-refractivity contribution in [3.63, 3.8) is 0 Å². The highest BCUT2D eigenvalue weighted by Crippen LogP contribution is 2.27. The van der Waals surface area contributed by atoms with Crippen molar-refractivity contribution in [2.45, 2.75) is 13.3 Å². The predicted octanol–water partition coefficient (Wildman–Crippen LogP) is 4.62. The molecular formula is C22H22N4. The van der Waals surface area contributed by atoms with E-state index in [1.165, 1.54) is 22.3 Å². The van der Waals surface area contributed by atoms with Crippen LogP contribution in [-0.4, -0.2) is 19.3 Å². The molecule has 0 saturated carbocycles. The zero-order valence-electron chi connectivity index (χ0n) is 15.3. The number of benzene rings is 2. The Morgan fingerprint density at radius 3 is 2.58 bits per heavy atom.